The predicted octanol–water partition coefficient (Wildman–Crippen LogP) is 2.21. The molecule has 0 aliphatic heterocycles. The molecule has 7 heteroatoms. The van der Waals surface area contributed by atoms with Gasteiger partial charge in [0, 0.05) is 17.8 Å². The third-order valence-electron chi connectivity index (χ3n) is 3.57. The van der Waals surface area contributed by atoms with E-state index in [4.69, 9.17) is 0 Å². The highest BCUT2D eigenvalue weighted by atomic mass is 32.2. The molecule has 134 valence electrons. The van der Waals surface area contributed by atoms with Crippen molar-refractivity contribution in [1.29, 1.82) is 0 Å². The summed E-state index contributed by atoms with van der Waals surface area (Å²) in [6.45, 7) is 5.24. The van der Waals surface area contributed by atoms with Crippen LogP contribution in [-0.2, 0) is 10.0 Å². The van der Waals surface area contributed by atoms with Crippen LogP contribution in [0.25, 0.3) is 0 Å². The van der Waals surface area contributed by atoms with Gasteiger partial charge in [-0.05, 0) is 56.2 Å². The fourth-order valence-corrected chi connectivity index (χ4v) is 3.65. The molecule has 0 saturated carbocycles. The summed E-state index contributed by atoms with van der Waals surface area (Å²) in [5.74, 6) is -0.381. The summed E-state index contributed by atoms with van der Waals surface area (Å²) in [5.41, 5.74) is 2.09. The molecule has 25 heavy (non-hydrogen) atoms. The van der Waals surface area contributed by atoms with Crippen molar-refractivity contribution in [3.63, 3.8) is 0 Å². The third kappa shape index (κ3) is 5.04. The Morgan fingerprint density at radius 1 is 1.16 bits per heavy atom. The van der Waals surface area contributed by atoms with Crippen molar-refractivity contribution in [2.24, 2.45) is 0 Å². The summed E-state index contributed by atoms with van der Waals surface area (Å²) < 4.78 is 27.8. The molecule has 3 N–H and O–H groups in total. The minimum atomic E-state index is -3.76. The second-order valence-electron chi connectivity index (χ2n) is 6.01. The largest absolute Gasteiger partial charge is 0.392 e. The lowest BCUT2D eigenvalue weighted by Gasteiger charge is -2.12. The molecule has 0 fully saturated rings. The Hall–Kier alpha value is -2.38. The quantitative estimate of drug-likeness (QED) is 0.734. The lowest BCUT2D eigenvalue weighted by molar-refractivity contribution is 0.0924. The predicted molar refractivity (Wildman–Crippen MR) is 97.2 cm³/mol. The van der Waals surface area contributed by atoms with Crippen LogP contribution in [0.3, 0.4) is 0 Å². The SMILES string of the molecule is Cc1ccc(C)c(S(=O)(=O)Nc2cccc(C(=O)NCC(C)O)c2)c1. The fourth-order valence-electron chi connectivity index (χ4n) is 2.27. The molecule has 1 atom stereocenters. The number of amides is 1. The molecule has 0 heterocycles. The number of hydrogen-bond donors (Lipinski definition) is 3. The van der Waals surface area contributed by atoms with Crippen molar-refractivity contribution in [2.45, 2.75) is 31.8 Å². The summed E-state index contributed by atoms with van der Waals surface area (Å²) in [6, 6.07) is 11.4. The van der Waals surface area contributed by atoms with Crippen molar-refractivity contribution in [1.82, 2.24) is 5.32 Å². The lowest BCUT2D eigenvalue weighted by Crippen LogP contribution is -2.30. The molecule has 0 radical (unpaired) electrons. The lowest BCUT2D eigenvalue weighted by atomic mass is 10.2. The van der Waals surface area contributed by atoms with Crippen LogP contribution in [-0.4, -0.2) is 32.1 Å². The van der Waals surface area contributed by atoms with Crippen molar-refractivity contribution in [3.05, 3.63) is 59.2 Å². The van der Waals surface area contributed by atoms with E-state index in [9.17, 15) is 18.3 Å². The van der Waals surface area contributed by atoms with E-state index >= 15 is 0 Å². The Balaban J connectivity index is 2.24. The molecule has 1 unspecified atom stereocenters. The van der Waals surface area contributed by atoms with Crippen LogP contribution in [0.5, 0.6) is 0 Å². The van der Waals surface area contributed by atoms with Gasteiger partial charge in [-0.1, -0.05) is 18.2 Å². The van der Waals surface area contributed by atoms with Crippen LogP contribution < -0.4 is 10.0 Å². The summed E-state index contributed by atoms with van der Waals surface area (Å²) in [6.07, 6.45) is -0.657. The molecule has 2 rings (SSSR count). The highest BCUT2D eigenvalue weighted by Crippen LogP contribution is 2.21. The van der Waals surface area contributed by atoms with E-state index in [1.807, 2.05) is 13.0 Å². The van der Waals surface area contributed by atoms with Crippen LogP contribution in [0.2, 0.25) is 0 Å². The summed E-state index contributed by atoms with van der Waals surface area (Å²) >= 11 is 0. The third-order valence-corrected chi connectivity index (χ3v) is 5.09. The van der Waals surface area contributed by atoms with Gasteiger partial charge >= 0.3 is 0 Å². The number of carbonyl (C=O) groups is 1. The number of aryl methyl sites for hydroxylation is 2. The van der Waals surface area contributed by atoms with E-state index in [1.54, 1.807) is 44.2 Å². The van der Waals surface area contributed by atoms with Gasteiger partial charge in [-0.15, -0.1) is 0 Å². The number of anilines is 1. The number of nitrogens with one attached hydrogen (secondary N) is 2. The maximum absolute atomic E-state index is 12.6. The Morgan fingerprint density at radius 2 is 1.88 bits per heavy atom. The molecule has 0 spiro atoms. The molecule has 2 aromatic carbocycles. The first-order valence-electron chi connectivity index (χ1n) is 7.85. The van der Waals surface area contributed by atoms with Gasteiger partial charge < -0.3 is 10.4 Å². The van der Waals surface area contributed by atoms with Crippen molar-refractivity contribution in [2.75, 3.05) is 11.3 Å². The minimum absolute atomic E-state index is 0.122. The highest BCUT2D eigenvalue weighted by Gasteiger charge is 2.18. The monoisotopic (exact) mass is 362 g/mol. The Bertz CT molecular complexity index is 876. The topological polar surface area (TPSA) is 95.5 Å². The number of carbonyl (C=O) groups excluding carboxylic acids is 1. The second-order valence-corrected chi connectivity index (χ2v) is 7.67. The van der Waals surface area contributed by atoms with E-state index in [1.165, 1.54) is 6.07 Å². The molecule has 0 aliphatic carbocycles. The number of aliphatic hydroxyl groups is 1. The first-order chi connectivity index (χ1) is 11.7. The van der Waals surface area contributed by atoms with E-state index < -0.39 is 16.1 Å². The zero-order chi connectivity index (χ0) is 18.6. The molecule has 6 nitrogen and oxygen atoms in total. The zero-order valence-corrected chi connectivity index (χ0v) is 15.2. The number of benzene rings is 2. The molecular weight excluding hydrogens is 340 g/mol. The molecule has 1 amide bonds. The van der Waals surface area contributed by atoms with Crippen LogP contribution >= 0.6 is 0 Å². The smallest absolute Gasteiger partial charge is 0.262 e. The molecule has 0 aliphatic rings. The van der Waals surface area contributed by atoms with Crippen LogP contribution in [0.1, 0.15) is 28.4 Å². The van der Waals surface area contributed by atoms with Gasteiger partial charge in [-0.25, -0.2) is 8.42 Å². The van der Waals surface area contributed by atoms with Crippen molar-refractivity contribution >= 4 is 21.6 Å². The van der Waals surface area contributed by atoms with Gasteiger partial charge in [0.05, 0.1) is 11.0 Å². The van der Waals surface area contributed by atoms with E-state index in [0.29, 0.717) is 16.8 Å². The van der Waals surface area contributed by atoms with Gasteiger partial charge in [0.15, 0.2) is 0 Å². The summed E-state index contributed by atoms with van der Waals surface area (Å²) in [7, 11) is -3.76. The Morgan fingerprint density at radius 3 is 2.56 bits per heavy atom. The summed E-state index contributed by atoms with van der Waals surface area (Å²) in [4.78, 5) is 12.2. The van der Waals surface area contributed by atoms with E-state index in [0.717, 1.165) is 5.56 Å². The van der Waals surface area contributed by atoms with Crippen molar-refractivity contribution in [3.8, 4) is 0 Å². The number of hydrogen-bond acceptors (Lipinski definition) is 4. The Kier molecular flexibility index (Phi) is 5.81. The normalized spacial score (nSPS) is 12.5. The number of rotatable bonds is 6. The van der Waals surface area contributed by atoms with Gasteiger partial charge in [0.25, 0.3) is 15.9 Å². The maximum atomic E-state index is 12.6. The molecule has 0 aromatic heterocycles. The van der Waals surface area contributed by atoms with Gasteiger partial charge in [-0.3, -0.25) is 9.52 Å². The van der Waals surface area contributed by atoms with Gasteiger partial charge in [0.1, 0.15) is 0 Å². The summed E-state index contributed by atoms with van der Waals surface area (Å²) in [5, 5.41) is 11.8. The van der Waals surface area contributed by atoms with E-state index in [-0.39, 0.29) is 17.3 Å². The fraction of sp³-hybridized carbons (Fsp3) is 0.278. The van der Waals surface area contributed by atoms with Crippen LogP contribution in [0.15, 0.2) is 47.4 Å². The highest BCUT2D eigenvalue weighted by molar-refractivity contribution is 7.92. The van der Waals surface area contributed by atoms with Gasteiger partial charge in [-0.2, -0.15) is 0 Å². The number of aliphatic hydroxyl groups excluding tert-OH is 1. The molecule has 2 aromatic rings. The average molecular weight is 362 g/mol. The van der Waals surface area contributed by atoms with Crippen LogP contribution in [0, 0.1) is 13.8 Å². The Labute approximate surface area is 147 Å². The first-order valence-corrected chi connectivity index (χ1v) is 9.34. The van der Waals surface area contributed by atoms with E-state index in [2.05, 4.69) is 10.0 Å². The average Bonchev–Trinajstić information content (AvgIpc) is 2.54. The first kappa shape index (κ1) is 19.0. The van der Waals surface area contributed by atoms with Gasteiger partial charge in [0.2, 0.25) is 0 Å². The number of sulfonamides is 1. The minimum Gasteiger partial charge on any atom is -0.392 e. The molecule has 0 bridgehead atoms. The van der Waals surface area contributed by atoms with Crippen LogP contribution in [0.4, 0.5) is 5.69 Å². The zero-order valence-electron chi connectivity index (χ0n) is 14.4. The molecule has 0 saturated heterocycles. The molecular formula is C18H22N2O4S. The second kappa shape index (κ2) is 7.67. The van der Waals surface area contributed by atoms with Crippen molar-refractivity contribution < 1.29 is 18.3 Å². The standard InChI is InChI=1S/C18H22N2O4S/c1-12-7-8-13(2)17(9-12)25(23,24)20-16-6-4-5-15(10-16)18(22)19-11-14(3)21/h4-10,14,20-21H,11H2,1-3H3,(H,19,22). The maximum Gasteiger partial charge on any atom is 0.262 e.